The minimum atomic E-state index is -1.65. The van der Waals surface area contributed by atoms with Gasteiger partial charge < -0.3 is 35.1 Å². The molecule has 0 radical (unpaired) electrons. The van der Waals surface area contributed by atoms with Gasteiger partial charge in [0.15, 0.2) is 17.6 Å². The lowest BCUT2D eigenvalue weighted by Crippen LogP contribution is -2.26. The molecular weight excluding hydrogens is 480 g/mol. The third-order valence-electron chi connectivity index (χ3n) is 4.10. The molecule has 1 aromatic heterocycles. The van der Waals surface area contributed by atoms with Crippen molar-refractivity contribution in [2.24, 2.45) is 0 Å². The number of ether oxygens (including phenoxy) is 3. The number of carbonyl (C=O) groups is 3. The zero-order chi connectivity index (χ0) is 23.5. The van der Waals surface area contributed by atoms with E-state index in [4.69, 9.17) is 19.9 Å². The highest BCUT2D eigenvalue weighted by Crippen LogP contribution is 2.42. The van der Waals surface area contributed by atoms with Crippen LogP contribution in [0.15, 0.2) is 21.4 Å². The molecule has 5 N–H and O–H groups in total. The smallest absolute Gasteiger partial charge is 0.347 e. The lowest BCUT2D eigenvalue weighted by Gasteiger charge is -2.19. The predicted octanol–water partition coefficient (Wildman–Crippen LogP) is 2.12. The van der Waals surface area contributed by atoms with Gasteiger partial charge in [0.1, 0.15) is 16.9 Å². The molecule has 2 aromatic rings. The van der Waals surface area contributed by atoms with Crippen LogP contribution in [0.5, 0.6) is 11.5 Å². The van der Waals surface area contributed by atoms with Crippen molar-refractivity contribution in [2.45, 2.75) is 20.0 Å². The summed E-state index contributed by atoms with van der Waals surface area (Å²) in [7, 11) is 1.29. The van der Waals surface area contributed by atoms with Crippen LogP contribution in [0.3, 0.4) is 0 Å². The number of H-pyrrole nitrogens is 1. The van der Waals surface area contributed by atoms with E-state index in [0.717, 1.165) is 0 Å². The number of aromatic nitrogens is 1. The number of carboxylic acids is 2. The minimum absolute atomic E-state index is 0.00691. The normalized spacial score (nSPS) is 11.5. The molecule has 31 heavy (non-hydrogen) atoms. The number of methoxy groups -OCH3 is 1. The number of carbonyl (C=O) groups excluding carboxylic acids is 1. The summed E-state index contributed by atoms with van der Waals surface area (Å²) < 4.78 is 16.0. The Kier molecular flexibility index (Phi) is 7.28. The van der Waals surface area contributed by atoms with E-state index in [0.29, 0.717) is 0 Å². The highest BCUT2D eigenvalue weighted by Gasteiger charge is 2.28. The molecule has 0 spiro atoms. The van der Waals surface area contributed by atoms with Crippen LogP contribution in [0.2, 0.25) is 0 Å². The molecule has 0 aliphatic carbocycles. The fraction of sp³-hybridized carbons (Fsp3) is 0.263. The van der Waals surface area contributed by atoms with Gasteiger partial charge >= 0.3 is 17.9 Å². The van der Waals surface area contributed by atoms with Gasteiger partial charge in [-0.05, 0) is 47.5 Å². The van der Waals surface area contributed by atoms with E-state index >= 15 is 0 Å². The average Bonchev–Trinajstić information content (AvgIpc) is 2.67. The maximum Gasteiger partial charge on any atom is 0.347 e. The third kappa shape index (κ3) is 4.79. The van der Waals surface area contributed by atoms with Crippen LogP contribution in [0, 0.1) is 0 Å². The fourth-order valence-electron chi connectivity index (χ4n) is 2.80. The maximum absolute atomic E-state index is 12.2. The van der Waals surface area contributed by atoms with Gasteiger partial charge in [-0.15, -0.1) is 0 Å². The Morgan fingerprint density at radius 1 is 1.19 bits per heavy atom. The highest BCUT2D eigenvalue weighted by molar-refractivity contribution is 9.10. The molecule has 1 aromatic carbocycles. The molecule has 166 valence electrons. The highest BCUT2D eigenvalue weighted by atomic mass is 79.9. The molecule has 0 saturated carbocycles. The maximum atomic E-state index is 12.2. The van der Waals surface area contributed by atoms with Crippen molar-refractivity contribution in [1.82, 2.24) is 4.98 Å². The first-order valence-corrected chi connectivity index (χ1v) is 9.56. The molecule has 0 aliphatic heterocycles. The van der Waals surface area contributed by atoms with Crippen LogP contribution in [0.4, 0.5) is 5.82 Å². The number of pyridine rings is 1. The summed E-state index contributed by atoms with van der Waals surface area (Å²) in [6, 6.07) is 2.59. The number of aromatic carboxylic acids is 2. The number of hydrogen-bond donors (Lipinski definition) is 4. The molecule has 0 aliphatic rings. The Bertz CT molecular complexity index is 1110. The van der Waals surface area contributed by atoms with Gasteiger partial charge in [-0.25, -0.2) is 14.4 Å². The monoisotopic (exact) mass is 498 g/mol. The molecule has 12 heteroatoms. The van der Waals surface area contributed by atoms with Crippen LogP contribution in [0.1, 0.15) is 34.6 Å². The van der Waals surface area contributed by atoms with Crippen LogP contribution >= 0.6 is 15.9 Å². The Labute approximate surface area is 183 Å². The van der Waals surface area contributed by atoms with Gasteiger partial charge in [-0.3, -0.25) is 4.79 Å². The zero-order valence-electron chi connectivity index (χ0n) is 16.6. The van der Waals surface area contributed by atoms with E-state index in [2.05, 4.69) is 15.9 Å². The minimum Gasteiger partial charge on any atom is -0.493 e. The predicted molar refractivity (Wildman–Crippen MR) is 112 cm³/mol. The zero-order valence-corrected chi connectivity index (χ0v) is 18.2. The standard InChI is InChI=1S/C19H19BrN2O9/c1-4-30-19(28)7(2)31-14-9(20)5-8(6-10(14)29-3)11-12(17(24)25)15(21)22-16(23)13(11)18(26)27/h5-7H,4H2,1-3H3,(H,24,25)(H,26,27)(H3,21,22,23). The molecule has 11 nitrogen and oxygen atoms in total. The second kappa shape index (κ2) is 9.51. The second-order valence-corrected chi connectivity index (χ2v) is 6.96. The van der Waals surface area contributed by atoms with Gasteiger partial charge in [0.2, 0.25) is 0 Å². The van der Waals surface area contributed by atoms with Crippen molar-refractivity contribution in [3.05, 3.63) is 38.1 Å². The number of carboxylic acid groups (broad SMARTS) is 2. The van der Waals surface area contributed by atoms with Gasteiger partial charge in [-0.1, -0.05) is 0 Å². The molecule has 0 bridgehead atoms. The lowest BCUT2D eigenvalue weighted by atomic mass is 9.95. The first kappa shape index (κ1) is 23.7. The summed E-state index contributed by atoms with van der Waals surface area (Å²) >= 11 is 3.24. The summed E-state index contributed by atoms with van der Waals surface area (Å²) in [5, 5.41) is 19.1. The van der Waals surface area contributed by atoms with Gasteiger partial charge in [0.05, 0.1) is 18.2 Å². The number of nitrogen functional groups attached to an aromatic ring is 1. The second-order valence-electron chi connectivity index (χ2n) is 6.10. The summed E-state index contributed by atoms with van der Waals surface area (Å²) in [6.07, 6.45) is -1.00. The number of halogens is 1. The van der Waals surface area contributed by atoms with Crippen LogP contribution < -0.4 is 20.8 Å². The summed E-state index contributed by atoms with van der Waals surface area (Å²) in [5.74, 6) is -4.21. The molecule has 1 heterocycles. The van der Waals surface area contributed by atoms with Crippen molar-refractivity contribution in [3.63, 3.8) is 0 Å². The van der Waals surface area contributed by atoms with E-state index in [9.17, 15) is 29.4 Å². The summed E-state index contributed by atoms with van der Waals surface area (Å²) in [4.78, 5) is 49.6. The van der Waals surface area contributed by atoms with Crippen molar-refractivity contribution in [1.29, 1.82) is 0 Å². The average molecular weight is 499 g/mol. The number of hydrogen-bond acceptors (Lipinski definition) is 8. The van der Waals surface area contributed by atoms with Crippen molar-refractivity contribution >= 4 is 39.7 Å². The number of esters is 1. The molecule has 1 unspecified atom stereocenters. The van der Waals surface area contributed by atoms with Gasteiger partial charge in [-0.2, -0.15) is 0 Å². The Morgan fingerprint density at radius 2 is 1.81 bits per heavy atom. The van der Waals surface area contributed by atoms with E-state index in [1.165, 1.54) is 26.2 Å². The Morgan fingerprint density at radius 3 is 2.32 bits per heavy atom. The first-order valence-electron chi connectivity index (χ1n) is 8.76. The molecule has 1 atom stereocenters. The van der Waals surface area contributed by atoms with Crippen LogP contribution in [-0.2, 0) is 9.53 Å². The first-order chi connectivity index (χ1) is 14.5. The van der Waals surface area contributed by atoms with Crippen molar-refractivity contribution in [2.75, 3.05) is 19.5 Å². The number of nitrogens with one attached hydrogen (secondary N) is 1. The third-order valence-corrected chi connectivity index (χ3v) is 4.69. The topological polar surface area (TPSA) is 178 Å². The number of anilines is 1. The van der Waals surface area contributed by atoms with Crippen LogP contribution in [0.25, 0.3) is 11.1 Å². The van der Waals surface area contributed by atoms with Gasteiger partial charge in [0.25, 0.3) is 5.56 Å². The van der Waals surface area contributed by atoms with E-state index in [-0.39, 0.29) is 28.1 Å². The van der Waals surface area contributed by atoms with E-state index in [1.54, 1.807) is 6.92 Å². The Balaban J connectivity index is 2.76. The molecule has 2 rings (SSSR count). The van der Waals surface area contributed by atoms with Crippen molar-refractivity contribution in [3.8, 4) is 22.6 Å². The van der Waals surface area contributed by atoms with E-state index in [1.807, 2.05) is 4.98 Å². The molecular formula is C19H19BrN2O9. The summed E-state index contributed by atoms with van der Waals surface area (Å²) in [6.45, 7) is 3.26. The van der Waals surface area contributed by atoms with Crippen LogP contribution in [-0.4, -0.2) is 52.9 Å². The number of aromatic amines is 1. The number of nitrogens with two attached hydrogens (primary N) is 1. The largest absolute Gasteiger partial charge is 0.493 e. The molecule has 0 saturated heterocycles. The quantitative estimate of drug-likeness (QED) is 0.393. The Hall–Kier alpha value is -3.54. The molecule has 0 fully saturated rings. The lowest BCUT2D eigenvalue weighted by molar-refractivity contribution is -0.150. The molecule has 0 amide bonds. The number of benzene rings is 1. The van der Waals surface area contributed by atoms with E-state index < -0.39 is 52.1 Å². The number of rotatable bonds is 8. The van der Waals surface area contributed by atoms with Crippen molar-refractivity contribution < 1.29 is 38.8 Å². The van der Waals surface area contributed by atoms with Gasteiger partial charge in [0, 0.05) is 5.56 Å². The SMILES string of the molecule is CCOC(=O)C(C)Oc1c(Br)cc(-c2c(C(=O)O)c(N)[nH]c(=O)c2C(=O)O)cc1OC. The summed E-state index contributed by atoms with van der Waals surface area (Å²) in [5.41, 5.74) is 2.76. The fourth-order valence-corrected chi connectivity index (χ4v) is 3.33.